The lowest BCUT2D eigenvalue weighted by Crippen LogP contribution is -2.28. The Morgan fingerprint density at radius 2 is 2.06 bits per heavy atom. The maximum Gasteiger partial charge on any atom is 0.229 e. The summed E-state index contributed by atoms with van der Waals surface area (Å²) < 4.78 is 0. The molecule has 2 heterocycles. The second-order valence-electron chi connectivity index (χ2n) is 4.33. The van der Waals surface area contributed by atoms with Crippen molar-refractivity contribution in [1.82, 2.24) is 4.98 Å². The number of benzene rings is 1. The van der Waals surface area contributed by atoms with Crippen molar-refractivity contribution < 1.29 is 4.79 Å². The summed E-state index contributed by atoms with van der Waals surface area (Å²) in [5, 5.41) is 1.08. The summed E-state index contributed by atoms with van der Waals surface area (Å²) >= 11 is 0. The number of nitrogens with two attached hydrogens (primary N) is 1. The van der Waals surface area contributed by atoms with Gasteiger partial charge in [0, 0.05) is 24.4 Å². The number of pyridine rings is 1. The van der Waals surface area contributed by atoms with Crippen LogP contribution in [0.2, 0.25) is 0 Å². The molecule has 0 radical (unpaired) electrons. The van der Waals surface area contributed by atoms with Gasteiger partial charge < -0.3 is 5.73 Å². The summed E-state index contributed by atoms with van der Waals surface area (Å²) in [4.78, 5) is 17.9. The second-order valence-corrected chi connectivity index (χ2v) is 4.33. The van der Waals surface area contributed by atoms with Crippen molar-refractivity contribution in [2.75, 3.05) is 11.4 Å². The van der Waals surface area contributed by atoms with Crippen molar-refractivity contribution in [1.29, 1.82) is 0 Å². The smallest absolute Gasteiger partial charge is 0.229 e. The molecule has 17 heavy (non-hydrogen) atoms. The van der Waals surface area contributed by atoms with E-state index in [0.29, 0.717) is 18.8 Å². The lowest BCUT2D eigenvalue weighted by atomic mass is 10.2. The monoisotopic (exact) mass is 227 g/mol. The quantitative estimate of drug-likeness (QED) is 0.798. The maximum atomic E-state index is 11.7. The van der Waals surface area contributed by atoms with Gasteiger partial charge in [0.1, 0.15) is 5.82 Å². The first-order chi connectivity index (χ1) is 8.24. The SMILES string of the molecule is NC1CC(=O)N(c2ccc3ccccc3n2)C1. The molecule has 2 aromatic rings. The second kappa shape index (κ2) is 3.82. The van der Waals surface area contributed by atoms with Gasteiger partial charge in [0.05, 0.1) is 5.52 Å². The van der Waals surface area contributed by atoms with Gasteiger partial charge >= 0.3 is 0 Å². The standard InChI is InChI=1S/C13H13N3O/c14-10-7-13(17)16(8-10)12-6-5-9-3-1-2-4-11(9)15-12/h1-6,10H,7-8,14H2. The number of hydrogen-bond acceptors (Lipinski definition) is 3. The molecule has 1 aliphatic rings. The van der Waals surface area contributed by atoms with Crippen LogP contribution in [0.15, 0.2) is 36.4 Å². The van der Waals surface area contributed by atoms with Crippen molar-refractivity contribution >= 4 is 22.6 Å². The fourth-order valence-electron chi connectivity index (χ4n) is 2.16. The zero-order valence-corrected chi connectivity index (χ0v) is 9.34. The summed E-state index contributed by atoms with van der Waals surface area (Å²) in [5.41, 5.74) is 6.68. The Morgan fingerprint density at radius 1 is 1.24 bits per heavy atom. The molecule has 0 bridgehead atoms. The van der Waals surface area contributed by atoms with Crippen LogP contribution in [0.5, 0.6) is 0 Å². The zero-order chi connectivity index (χ0) is 11.8. The topological polar surface area (TPSA) is 59.2 Å². The molecule has 1 aromatic heterocycles. The number of carbonyl (C=O) groups excluding carboxylic acids is 1. The van der Waals surface area contributed by atoms with Crippen LogP contribution in [0.25, 0.3) is 10.9 Å². The molecule has 3 rings (SSSR count). The predicted molar refractivity (Wildman–Crippen MR) is 66.7 cm³/mol. The van der Waals surface area contributed by atoms with Gasteiger partial charge in [-0.25, -0.2) is 4.98 Å². The van der Waals surface area contributed by atoms with E-state index in [1.54, 1.807) is 4.90 Å². The molecule has 1 fully saturated rings. The molecule has 2 N–H and O–H groups in total. The molecular weight excluding hydrogens is 214 g/mol. The fraction of sp³-hybridized carbons (Fsp3) is 0.231. The minimum absolute atomic E-state index is 0.0558. The first-order valence-corrected chi connectivity index (χ1v) is 5.66. The van der Waals surface area contributed by atoms with E-state index in [1.165, 1.54) is 0 Å². The molecule has 0 aliphatic carbocycles. The molecule has 4 nitrogen and oxygen atoms in total. The Balaban J connectivity index is 2.03. The van der Waals surface area contributed by atoms with E-state index < -0.39 is 0 Å². The predicted octanol–water partition coefficient (Wildman–Crippen LogP) is 1.30. The van der Waals surface area contributed by atoms with Crippen LogP contribution in [0.1, 0.15) is 6.42 Å². The minimum Gasteiger partial charge on any atom is -0.326 e. The van der Waals surface area contributed by atoms with Crippen LogP contribution in [0.3, 0.4) is 0 Å². The molecule has 1 aromatic carbocycles. The van der Waals surface area contributed by atoms with Crippen molar-refractivity contribution in [3.63, 3.8) is 0 Å². The van der Waals surface area contributed by atoms with Crippen LogP contribution in [-0.2, 0) is 4.79 Å². The molecular formula is C13H13N3O. The third-order valence-corrected chi connectivity index (χ3v) is 3.02. The maximum absolute atomic E-state index is 11.7. The first kappa shape index (κ1) is 10.2. The lowest BCUT2D eigenvalue weighted by molar-refractivity contribution is -0.117. The molecule has 1 saturated heterocycles. The van der Waals surface area contributed by atoms with E-state index in [-0.39, 0.29) is 11.9 Å². The van der Waals surface area contributed by atoms with Crippen LogP contribution >= 0.6 is 0 Å². The van der Waals surface area contributed by atoms with Gasteiger partial charge in [-0.1, -0.05) is 18.2 Å². The third kappa shape index (κ3) is 1.76. The van der Waals surface area contributed by atoms with Crippen LogP contribution < -0.4 is 10.6 Å². The van der Waals surface area contributed by atoms with Gasteiger partial charge in [0.15, 0.2) is 0 Å². The molecule has 1 amide bonds. The number of anilines is 1. The van der Waals surface area contributed by atoms with E-state index in [4.69, 9.17) is 5.73 Å². The average molecular weight is 227 g/mol. The van der Waals surface area contributed by atoms with Crippen LogP contribution in [-0.4, -0.2) is 23.5 Å². The highest BCUT2D eigenvalue weighted by Crippen LogP contribution is 2.21. The fourth-order valence-corrected chi connectivity index (χ4v) is 2.16. The molecule has 1 unspecified atom stereocenters. The summed E-state index contributed by atoms with van der Waals surface area (Å²) in [7, 11) is 0. The number of hydrogen-bond donors (Lipinski definition) is 1. The Labute approximate surface area is 99.0 Å². The summed E-state index contributed by atoms with van der Waals surface area (Å²) in [6, 6.07) is 11.6. The van der Waals surface area contributed by atoms with E-state index in [1.807, 2.05) is 36.4 Å². The van der Waals surface area contributed by atoms with E-state index >= 15 is 0 Å². The number of nitrogens with zero attached hydrogens (tertiary/aromatic N) is 2. The average Bonchev–Trinajstić information content (AvgIpc) is 2.68. The highest BCUT2D eigenvalue weighted by atomic mass is 16.2. The van der Waals surface area contributed by atoms with E-state index in [0.717, 1.165) is 10.9 Å². The number of aromatic nitrogens is 1. The van der Waals surface area contributed by atoms with E-state index in [2.05, 4.69) is 4.98 Å². The van der Waals surface area contributed by atoms with Gasteiger partial charge in [0.25, 0.3) is 0 Å². The highest BCUT2D eigenvalue weighted by Gasteiger charge is 2.28. The van der Waals surface area contributed by atoms with Crippen molar-refractivity contribution in [3.8, 4) is 0 Å². The number of carbonyl (C=O) groups is 1. The number of fused-ring (bicyclic) bond motifs is 1. The number of amides is 1. The number of para-hydroxylation sites is 1. The Bertz CT molecular complexity index is 582. The first-order valence-electron chi connectivity index (χ1n) is 5.66. The number of rotatable bonds is 1. The summed E-state index contributed by atoms with van der Waals surface area (Å²) in [6.07, 6.45) is 0.411. The normalized spacial score (nSPS) is 20.2. The largest absolute Gasteiger partial charge is 0.326 e. The van der Waals surface area contributed by atoms with Crippen molar-refractivity contribution in [2.24, 2.45) is 5.73 Å². The highest BCUT2D eigenvalue weighted by molar-refractivity contribution is 5.96. The Morgan fingerprint density at radius 3 is 2.82 bits per heavy atom. The zero-order valence-electron chi connectivity index (χ0n) is 9.34. The molecule has 1 atom stereocenters. The van der Waals surface area contributed by atoms with Crippen molar-refractivity contribution in [3.05, 3.63) is 36.4 Å². The minimum atomic E-state index is -0.0734. The molecule has 0 spiro atoms. The summed E-state index contributed by atoms with van der Waals surface area (Å²) in [5.74, 6) is 0.752. The third-order valence-electron chi connectivity index (χ3n) is 3.02. The Kier molecular flexibility index (Phi) is 2.30. The molecule has 1 aliphatic heterocycles. The summed E-state index contributed by atoms with van der Waals surface area (Å²) in [6.45, 7) is 0.560. The van der Waals surface area contributed by atoms with Gasteiger partial charge in [-0.2, -0.15) is 0 Å². The molecule has 0 saturated carbocycles. The molecule has 4 heteroatoms. The van der Waals surface area contributed by atoms with Gasteiger partial charge in [-0.15, -0.1) is 0 Å². The van der Waals surface area contributed by atoms with Gasteiger partial charge in [-0.3, -0.25) is 9.69 Å². The van der Waals surface area contributed by atoms with Crippen molar-refractivity contribution in [2.45, 2.75) is 12.5 Å². The lowest BCUT2D eigenvalue weighted by Gasteiger charge is -2.15. The van der Waals surface area contributed by atoms with Gasteiger partial charge in [-0.05, 0) is 18.2 Å². The molecule has 86 valence electrons. The van der Waals surface area contributed by atoms with Gasteiger partial charge in [0.2, 0.25) is 5.91 Å². The van der Waals surface area contributed by atoms with Crippen LogP contribution in [0.4, 0.5) is 5.82 Å². The van der Waals surface area contributed by atoms with E-state index in [9.17, 15) is 4.79 Å². The Hall–Kier alpha value is -1.94. The van der Waals surface area contributed by atoms with Crippen LogP contribution in [0, 0.1) is 0 Å².